The van der Waals surface area contributed by atoms with E-state index < -0.39 is 18.0 Å². The van der Waals surface area contributed by atoms with Gasteiger partial charge in [-0.3, -0.25) is 14.4 Å². The summed E-state index contributed by atoms with van der Waals surface area (Å²) in [6, 6.07) is 6.95. The summed E-state index contributed by atoms with van der Waals surface area (Å²) in [6.45, 7) is 3.52. The number of esters is 1. The topological polar surface area (TPSA) is 86.6 Å². The number of thiazole rings is 1. The Bertz CT molecular complexity index is 811. The molecule has 25 heavy (non-hydrogen) atoms. The van der Waals surface area contributed by atoms with E-state index in [1.807, 2.05) is 0 Å². The molecule has 0 aliphatic heterocycles. The number of carbonyl (C=O) groups is 2. The fourth-order valence-electron chi connectivity index (χ4n) is 2.17. The zero-order chi connectivity index (χ0) is 18.4. The molecule has 0 spiro atoms. The number of carbonyl (C=O) groups excluding carboxylic acids is 2. The van der Waals surface area contributed by atoms with Gasteiger partial charge >= 0.3 is 10.8 Å². The molecule has 1 aromatic carbocycles. The third-order valence-corrected chi connectivity index (χ3v) is 4.44. The van der Waals surface area contributed by atoms with E-state index in [2.05, 4.69) is 5.32 Å². The molecule has 1 unspecified atom stereocenters. The number of hydrogen-bond donors (Lipinski definition) is 1. The maximum absolute atomic E-state index is 12.2. The van der Waals surface area contributed by atoms with Gasteiger partial charge in [-0.15, -0.1) is 0 Å². The molecule has 1 heterocycles. The van der Waals surface area contributed by atoms with E-state index in [0.717, 1.165) is 17.0 Å². The van der Waals surface area contributed by atoms with Crippen LogP contribution in [0, 0.1) is 6.92 Å². The SMILES string of the molecule is COc1ccccc1NC(=O)C(C)OC(=O)CCn1c(C)csc1=O. The number of aromatic nitrogens is 1. The van der Waals surface area contributed by atoms with Gasteiger partial charge in [0.15, 0.2) is 6.10 Å². The van der Waals surface area contributed by atoms with Crippen molar-refractivity contribution in [3.05, 3.63) is 45.0 Å². The number of methoxy groups -OCH3 is 1. The number of ether oxygens (including phenoxy) is 2. The minimum absolute atomic E-state index is 0.0176. The maximum Gasteiger partial charge on any atom is 0.308 e. The van der Waals surface area contributed by atoms with Crippen LogP contribution < -0.4 is 14.9 Å². The molecule has 134 valence electrons. The van der Waals surface area contributed by atoms with Crippen LogP contribution in [-0.2, 0) is 20.9 Å². The predicted molar refractivity (Wildman–Crippen MR) is 95.1 cm³/mol. The van der Waals surface area contributed by atoms with Crippen molar-refractivity contribution in [2.75, 3.05) is 12.4 Å². The predicted octanol–water partition coefficient (Wildman–Crippen LogP) is 2.19. The van der Waals surface area contributed by atoms with Gasteiger partial charge in [-0.25, -0.2) is 0 Å². The number of nitrogens with one attached hydrogen (secondary N) is 1. The summed E-state index contributed by atoms with van der Waals surface area (Å²) in [4.78, 5) is 35.6. The highest BCUT2D eigenvalue weighted by atomic mass is 32.1. The van der Waals surface area contributed by atoms with E-state index in [9.17, 15) is 14.4 Å². The lowest BCUT2D eigenvalue weighted by atomic mass is 10.2. The van der Waals surface area contributed by atoms with Crippen molar-refractivity contribution in [3.63, 3.8) is 0 Å². The minimum Gasteiger partial charge on any atom is -0.495 e. The van der Waals surface area contributed by atoms with Crippen molar-refractivity contribution >= 4 is 28.9 Å². The second-order valence-corrected chi connectivity index (χ2v) is 6.19. The van der Waals surface area contributed by atoms with Crippen LogP contribution in [0.15, 0.2) is 34.4 Å². The molecule has 2 aromatic rings. The summed E-state index contributed by atoms with van der Waals surface area (Å²) < 4.78 is 11.8. The van der Waals surface area contributed by atoms with Crippen molar-refractivity contribution < 1.29 is 19.1 Å². The molecule has 0 fully saturated rings. The quantitative estimate of drug-likeness (QED) is 0.761. The molecular weight excluding hydrogens is 344 g/mol. The first-order valence-corrected chi connectivity index (χ1v) is 8.58. The normalized spacial score (nSPS) is 11.6. The number of amides is 1. The minimum atomic E-state index is -0.960. The summed E-state index contributed by atoms with van der Waals surface area (Å²) in [5, 5.41) is 4.39. The molecule has 0 aliphatic carbocycles. The summed E-state index contributed by atoms with van der Waals surface area (Å²) in [5.74, 6) is -0.483. The molecule has 1 atom stereocenters. The highest BCUT2D eigenvalue weighted by Gasteiger charge is 2.19. The summed E-state index contributed by atoms with van der Waals surface area (Å²) in [5.41, 5.74) is 1.29. The van der Waals surface area contributed by atoms with Crippen molar-refractivity contribution in [3.8, 4) is 5.75 Å². The molecule has 0 radical (unpaired) electrons. The average Bonchev–Trinajstić information content (AvgIpc) is 2.91. The first-order valence-electron chi connectivity index (χ1n) is 7.70. The number of para-hydroxylation sites is 2. The van der Waals surface area contributed by atoms with E-state index in [1.54, 1.807) is 36.6 Å². The molecule has 1 amide bonds. The van der Waals surface area contributed by atoms with Gasteiger partial charge < -0.3 is 19.4 Å². The monoisotopic (exact) mass is 364 g/mol. The molecule has 7 nitrogen and oxygen atoms in total. The molecular formula is C17H20N2O5S. The highest BCUT2D eigenvalue weighted by Crippen LogP contribution is 2.23. The van der Waals surface area contributed by atoms with E-state index in [0.29, 0.717) is 11.4 Å². The van der Waals surface area contributed by atoms with Crippen molar-refractivity contribution in [1.82, 2.24) is 4.57 Å². The fraction of sp³-hybridized carbons (Fsp3) is 0.353. The van der Waals surface area contributed by atoms with Gasteiger partial charge in [0.2, 0.25) is 0 Å². The second kappa shape index (κ2) is 8.48. The standard InChI is InChI=1S/C17H20N2O5S/c1-11-10-25-17(22)19(11)9-8-15(20)24-12(2)16(21)18-13-6-4-5-7-14(13)23-3/h4-7,10,12H,8-9H2,1-3H3,(H,18,21). The van der Waals surface area contributed by atoms with Crippen LogP contribution in [0.25, 0.3) is 0 Å². The molecule has 8 heteroatoms. The van der Waals surface area contributed by atoms with E-state index in [1.165, 1.54) is 18.6 Å². The third-order valence-electron chi connectivity index (χ3n) is 3.56. The fourth-order valence-corrected chi connectivity index (χ4v) is 2.93. The number of anilines is 1. The summed E-state index contributed by atoms with van der Waals surface area (Å²) >= 11 is 1.09. The average molecular weight is 364 g/mol. The van der Waals surface area contributed by atoms with E-state index in [-0.39, 0.29) is 17.8 Å². The first-order chi connectivity index (χ1) is 11.9. The van der Waals surface area contributed by atoms with Gasteiger partial charge in [0, 0.05) is 17.6 Å². The van der Waals surface area contributed by atoms with Crippen LogP contribution in [0.2, 0.25) is 0 Å². The van der Waals surface area contributed by atoms with E-state index in [4.69, 9.17) is 9.47 Å². The lowest BCUT2D eigenvalue weighted by Crippen LogP contribution is -2.30. The Kier molecular flexibility index (Phi) is 6.35. The van der Waals surface area contributed by atoms with Gasteiger partial charge in [0.1, 0.15) is 5.75 Å². The van der Waals surface area contributed by atoms with Crippen LogP contribution >= 0.6 is 11.3 Å². The third kappa shape index (κ3) is 4.93. The first kappa shape index (κ1) is 18.7. The largest absolute Gasteiger partial charge is 0.495 e. The van der Waals surface area contributed by atoms with Gasteiger partial charge in [0.25, 0.3) is 5.91 Å². The van der Waals surface area contributed by atoms with Crippen molar-refractivity contribution in [2.45, 2.75) is 32.9 Å². The van der Waals surface area contributed by atoms with Crippen molar-refractivity contribution in [2.24, 2.45) is 0 Å². The van der Waals surface area contributed by atoms with Crippen LogP contribution in [0.5, 0.6) is 5.75 Å². The van der Waals surface area contributed by atoms with Crippen molar-refractivity contribution in [1.29, 1.82) is 0 Å². The van der Waals surface area contributed by atoms with Crippen LogP contribution in [0.4, 0.5) is 5.69 Å². The second-order valence-electron chi connectivity index (χ2n) is 5.37. The number of hydrogen-bond acceptors (Lipinski definition) is 6. The number of rotatable bonds is 7. The Morgan fingerprint density at radius 1 is 1.32 bits per heavy atom. The molecule has 1 N–H and O–H groups in total. The Labute approximate surface area is 149 Å². The van der Waals surface area contributed by atoms with Gasteiger partial charge in [-0.1, -0.05) is 23.5 Å². The Balaban J connectivity index is 1.88. The summed E-state index contributed by atoms with van der Waals surface area (Å²) in [6.07, 6.45) is -0.943. The summed E-state index contributed by atoms with van der Waals surface area (Å²) in [7, 11) is 1.50. The molecule has 2 rings (SSSR count). The number of aryl methyl sites for hydroxylation is 1. The lowest BCUT2D eigenvalue weighted by molar-refractivity contribution is -0.153. The number of nitrogens with zero attached hydrogens (tertiary/aromatic N) is 1. The highest BCUT2D eigenvalue weighted by molar-refractivity contribution is 7.07. The Hall–Kier alpha value is -2.61. The lowest BCUT2D eigenvalue weighted by Gasteiger charge is -2.15. The zero-order valence-corrected chi connectivity index (χ0v) is 15.1. The zero-order valence-electron chi connectivity index (χ0n) is 14.3. The molecule has 0 saturated carbocycles. The number of benzene rings is 1. The van der Waals surface area contributed by atoms with Gasteiger partial charge in [-0.2, -0.15) is 0 Å². The molecule has 0 saturated heterocycles. The molecule has 0 aliphatic rings. The Morgan fingerprint density at radius 2 is 2.04 bits per heavy atom. The van der Waals surface area contributed by atoms with E-state index >= 15 is 0 Å². The van der Waals surface area contributed by atoms with Crippen LogP contribution in [0.1, 0.15) is 19.0 Å². The molecule has 1 aromatic heterocycles. The maximum atomic E-state index is 12.2. The van der Waals surface area contributed by atoms with Gasteiger partial charge in [0.05, 0.1) is 19.2 Å². The Morgan fingerprint density at radius 3 is 2.68 bits per heavy atom. The van der Waals surface area contributed by atoms with Gasteiger partial charge in [-0.05, 0) is 26.0 Å². The van der Waals surface area contributed by atoms with Crippen LogP contribution in [-0.4, -0.2) is 29.7 Å². The molecule has 0 bridgehead atoms. The smallest absolute Gasteiger partial charge is 0.308 e. The van der Waals surface area contributed by atoms with Crippen LogP contribution in [0.3, 0.4) is 0 Å².